The molecule has 1 amide bonds. The summed E-state index contributed by atoms with van der Waals surface area (Å²) in [5.74, 6) is 0.541. The van der Waals surface area contributed by atoms with Crippen LogP contribution < -0.4 is 15.9 Å². The fourth-order valence-electron chi connectivity index (χ4n) is 2.21. The molecular formula is C13H21N3O2S. The minimum Gasteiger partial charge on any atom is -0.352 e. The normalized spacial score (nSPS) is 16.4. The number of hydrogen-bond acceptors (Lipinski definition) is 4. The predicted octanol–water partition coefficient (Wildman–Crippen LogP) is 0.770. The van der Waals surface area contributed by atoms with Crippen molar-refractivity contribution < 1.29 is 4.79 Å². The number of thiazole rings is 1. The molecule has 5 nitrogen and oxygen atoms in total. The lowest BCUT2D eigenvalue weighted by Crippen LogP contribution is -2.42. The molecule has 2 rings (SSSR count). The molecule has 3 N–H and O–H groups in total. The number of carbonyl (C=O) groups excluding carboxylic acids is 1. The van der Waals surface area contributed by atoms with Crippen molar-refractivity contribution in [3.8, 4) is 0 Å². The topological polar surface area (TPSA) is 77.1 Å². The van der Waals surface area contributed by atoms with Gasteiger partial charge in [0, 0.05) is 36.1 Å². The Morgan fingerprint density at radius 3 is 2.68 bits per heavy atom. The molecule has 1 unspecified atom stereocenters. The van der Waals surface area contributed by atoms with Crippen LogP contribution in [0.1, 0.15) is 29.8 Å². The van der Waals surface area contributed by atoms with Crippen LogP contribution in [-0.2, 0) is 11.3 Å². The fourth-order valence-corrected chi connectivity index (χ4v) is 3.06. The average Bonchev–Trinajstić information content (AvgIpc) is 3.16. The maximum absolute atomic E-state index is 11.9. The molecule has 6 heteroatoms. The van der Waals surface area contributed by atoms with Gasteiger partial charge in [-0.25, -0.2) is 0 Å². The minimum atomic E-state index is -0.0162. The van der Waals surface area contributed by atoms with E-state index in [0.29, 0.717) is 25.4 Å². The summed E-state index contributed by atoms with van der Waals surface area (Å²) in [6.45, 7) is 4.78. The molecule has 106 valence electrons. The molecule has 0 saturated heterocycles. The number of nitrogens with two attached hydrogens (primary N) is 1. The van der Waals surface area contributed by atoms with Gasteiger partial charge in [0.05, 0.1) is 0 Å². The third kappa shape index (κ3) is 3.45. The Hall–Kier alpha value is -1.14. The van der Waals surface area contributed by atoms with Crippen molar-refractivity contribution in [2.24, 2.45) is 11.7 Å². The molecule has 1 aliphatic rings. The van der Waals surface area contributed by atoms with Gasteiger partial charge in [-0.15, -0.1) is 0 Å². The minimum absolute atomic E-state index is 0.0142. The number of nitrogens with one attached hydrogen (secondary N) is 1. The zero-order valence-electron chi connectivity index (χ0n) is 11.4. The molecule has 0 aromatic carbocycles. The standard InChI is InChI=1S/C13H21N3O2S/c1-8-9(2)19-13(18)16(8)6-5-12(17)15-11(7-14)10-3-4-10/h10-11H,3-7,14H2,1-2H3,(H,15,17). The first kappa shape index (κ1) is 14.3. The first-order valence-electron chi connectivity index (χ1n) is 6.69. The first-order valence-corrected chi connectivity index (χ1v) is 7.50. The average molecular weight is 283 g/mol. The molecule has 1 aliphatic carbocycles. The van der Waals surface area contributed by atoms with Gasteiger partial charge in [0.2, 0.25) is 5.91 Å². The van der Waals surface area contributed by atoms with Crippen molar-refractivity contribution in [1.82, 2.24) is 9.88 Å². The Bertz CT molecular complexity index is 516. The quantitative estimate of drug-likeness (QED) is 0.809. The van der Waals surface area contributed by atoms with Crippen LogP contribution in [0, 0.1) is 19.8 Å². The van der Waals surface area contributed by atoms with Gasteiger partial charge in [-0.3, -0.25) is 9.59 Å². The molecule has 1 heterocycles. The summed E-state index contributed by atoms with van der Waals surface area (Å²) in [4.78, 5) is 24.6. The molecule has 1 atom stereocenters. The summed E-state index contributed by atoms with van der Waals surface area (Å²) >= 11 is 1.24. The molecule has 19 heavy (non-hydrogen) atoms. The third-order valence-corrected chi connectivity index (χ3v) is 4.73. The van der Waals surface area contributed by atoms with E-state index in [2.05, 4.69) is 5.32 Å². The molecule has 1 aromatic heterocycles. The van der Waals surface area contributed by atoms with E-state index in [0.717, 1.165) is 23.4 Å². The van der Waals surface area contributed by atoms with E-state index < -0.39 is 0 Å². The van der Waals surface area contributed by atoms with Gasteiger partial charge in [0.15, 0.2) is 0 Å². The summed E-state index contributed by atoms with van der Waals surface area (Å²) in [5.41, 5.74) is 6.61. The zero-order valence-corrected chi connectivity index (χ0v) is 12.3. The lowest BCUT2D eigenvalue weighted by Gasteiger charge is -2.16. The van der Waals surface area contributed by atoms with Crippen LogP contribution in [0.25, 0.3) is 0 Å². The van der Waals surface area contributed by atoms with Crippen LogP contribution in [-0.4, -0.2) is 23.1 Å². The van der Waals surface area contributed by atoms with Crippen molar-refractivity contribution in [3.63, 3.8) is 0 Å². The van der Waals surface area contributed by atoms with E-state index in [1.165, 1.54) is 11.3 Å². The lowest BCUT2D eigenvalue weighted by atomic mass is 10.2. The van der Waals surface area contributed by atoms with Crippen LogP contribution >= 0.6 is 11.3 Å². The van der Waals surface area contributed by atoms with Crippen molar-refractivity contribution in [1.29, 1.82) is 0 Å². The van der Waals surface area contributed by atoms with Crippen molar-refractivity contribution in [2.75, 3.05) is 6.54 Å². The van der Waals surface area contributed by atoms with E-state index in [1.807, 2.05) is 13.8 Å². The molecule has 1 saturated carbocycles. The van der Waals surface area contributed by atoms with Crippen molar-refractivity contribution >= 4 is 17.2 Å². The van der Waals surface area contributed by atoms with Crippen molar-refractivity contribution in [3.05, 3.63) is 20.2 Å². The fraction of sp³-hybridized carbons (Fsp3) is 0.692. The SMILES string of the molecule is Cc1sc(=O)n(CCC(=O)NC(CN)C2CC2)c1C. The molecule has 0 aliphatic heterocycles. The maximum Gasteiger partial charge on any atom is 0.307 e. The number of carbonyl (C=O) groups is 1. The highest BCUT2D eigenvalue weighted by Gasteiger charge is 2.31. The predicted molar refractivity (Wildman–Crippen MR) is 76.4 cm³/mol. The Labute approximate surface area is 116 Å². The highest BCUT2D eigenvalue weighted by molar-refractivity contribution is 7.09. The number of amides is 1. The number of hydrogen-bond donors (Lipinski definition) is 2. The van der Waals surface area contributed by atoms with Crippen LogP contribution in [0.4, 0.5) is 0 Å². The van der Waals surface area contributed by atoms with E-state index in [-0.39, 0.29) is 16.8 Å². The monoisotopic (exact) mass is 283 g/mol. The number of rotatable bonds is 6. The van der Waals surface area contributed by atoms with Crippen LogP contribution in [0.2, 0.25) is 0 Å². The van der Waals surface area contributed by atoms with Crippen LogP contribution in [0.5, 0.6) is 0 Å². The van der Waals surface area contributed by atoms with Gasteiger partial charge >= 0.3 is 4.87 Å². The van der Waals surface area contributed by atoms with Gasteiger partial charge in [0.25, 0.3) is 0 Å². The molecule has 0 radical (unpaired) electrons. The van der Waals surface area contributed by atoms with Crippen LogP contribution in [0.3, 0.4) is 0 Å². The second-order valence-corrected chi connectivity index (χ2v) is 6.32. The Morgan fingerprint density at radius 2 is 2.21 bits per heavy atom. The second-order valence-electron chi connectivity index (χ2n) is 5.16. The number of aromatic nitrogens is 1. The number of aryl methyl sites for hydroxylation is 1. The smallest absolute Gasteiger partial charge is 0.307 e. The summed E-state index contributed by atoms with van der Waals surface area (Å²) in [5, 5.41) is 2.97. The van der Waals surface area contributed by atoms with Gasteiger partial charge in [-0.2, -0.15) is 0 Å². The lowest BCUT2D eigenvalue weighted by molar-refractivity contribution is -0.122. The van der Waals surface area contributed by atoms with E-state index in [9.17, 15) is 9.59 Å². The van der Waals surface area contributed by atoms with Crippen LogP contribution in [0.15, 0.2) is 4.79 Å². The van der Waals surface area contributed by atoms with Gasteiger partial charge in [-0.1, -0.05) is 11.3 Å². The molecule has 1 aromatic rings. The zero-order chi connectivity index (χ0) is 14.0. The van der Waals surface area contributed by atoms with Crippen molar-refractivity contribution in [2.45, 2.75) is 45.7 Å². The summed E-state index contributed by atoms with van der Waals surface area (Å²) < 4.78 is 1.67. The summed E-state index contributed by atoms with van der Waals surface area (Å²) in [6, 6.07) is 0.106. The highest BCUT2D eigenvalue weighted by Crippen LogP contribution is 2.32. The largest absolute Gasteiger partial charge is 0.352 e. The Morgan fingerprint density at radius 1 is 1.53 bits per heavy atom. The molecule has 0 bridgehead atoms. The Balaban J connectivity index is 1.87. The van der Waals surface area contributed by atoms with E-state index in [1.54, 1.807) is 4.57 Å². The van der Waals surface area contributed by atoms with Gasteiger partial charge < -0.3 is 15.6 Å². The first-order chi connectivity index (χ1) is 9.02. The second kappa shape index (κ2) is 5.88. The molecular weight excluding hydrogens is 262 g/mol. The Kier molecular flexibility index (Phi) is 4.42. The molecule has 1 fully saturated rings. The maximum atomic E-state index is 11.9. The van der Waals surface area contributed by atoms with E-state index in [4.69, 9.17) is 5.73 Å². The summed E-state index contributed by atoms with van der Waals surface area (Å²) in [7, 11) is 0. The highest BCUT2D eigenvalue weighted by atomic mass is 32.1. The van der Waals surface area contributed by atoms with E-state index >= 15 is 0 Å². The van der Waals surface area contributed by atoms with Gasteiger partial charge in [0.1, 0.15) is 0 Å². The van der Waals surface area contributed by atoms with Gasteiger partial charge in [-0.05, 0) is 32.6 Å². The summed E-state index contributed by atoms with van der Waals surface area (Å²) in [6.07, 6.45) is 2.65. The third-order valence-electron chi connectivity index (χ3n) is 3.73. The molecule has 0 spiro atoms. The number of nitrogens with zero attached hydrogens (tertiary/aromatic N) is 1.